The third-order valence-corrected chi connectivity index (χ3v) is 3.46. The van der Waals surface area contributed by atoms with Crippen LogP contribution in [-0.2, 0) is 16.6 Å². The highest BCUT2D eigenvalue weighted by molar-refractivity contribution is 7.88. The molecular formula is C9H13N3O2S2. The van der Waals surface area contributed by atoms with Gasteiger partial charge in [0.25, 0.3) is 0 Å². The SMILES string of the molecule is CS(=O)(=O)NCCNCc1ccc(C#N)s1. The van der Waals surface area contributed by atoms with Gasteiger partial charge in [-0.1, -0.05) is 0 Å². The number of sulfonamides is 1. The fourth-order valence-corrected chi connectivity index (χ4v) is 2.32. The molecule has 16 heavy (non-hydrogen) atoms. The third-order valence-electron chi connectivity index (χ3n) is 1.74. The van der Waals surface area contributed by atoms with Crippen LogP contribution in [0, 0.1) is 11.3 Å². The van der Waals surface area contributed by atoms with E-state index in [9.17, 15) is 8.42 Å². The van der Waals surface area contributed by atoms with Crippen molar-refractivity contribution < 1.29 is 8.42 Å². The molecule has 0 aliphatic heterocycles. The number of nitrogens with one attached hydrogen (secondary N) is 2. The summed E-state index contributed by atoms with van der Waals surface area (Å²) in [6, 6.07) is 5.73. The van der Waals surface area contributed by atoms with E-state index in [4.69, 9.17) is 5.26 Å². The molecule has 0 aromatic carbocycles. The molecule has 1 aromatic rings. The van der Waals surface area contributed by atoms with E-state index in [1.807, 2.05) is 6.07 Å². The van der Waals surface area contributed by atoms with E-state index in [0.717, 1.165) is 11.1 Å². The molecule has 0 bridgehead atoms. The first kappa shape index (κ1) is 13.1. The molecule has 0 spiro atoms. The Kier molecular flexibility index (Phi) is 4.89. The maximum atomic E-state index is 10.7. The summed E-state index contributed by atoms with van der Waals surface area (Å²) in [5.41, 5.74) is 0. The summed E-state index contributed by atoms with van der Waals surface area (Å²) in [5.74, 6) is 0. The second-order valence-electron chi connectivity index (χ2n) is 3.22. The predicted molar refractivity (Wildman–Crippen MR) is 63.6 cm³/mol. The van der Waals surface area contributed by atoms with Gasteiger partial charge in [0.2, 0.25) is 10.0 Å². The average molecular weight is 259 g/mol. The third kappa shape index (κ3) is 5.23. The van der Waals surface area contributed by atoms with E-state index in [0.29, 0.717) is 24.5 Å². The first-order valence-corrected chi connectivity index (χ1v) is 7.36. The van der Waals surface area contributed by atoms with E-state index in [1.54, 1.807) is 6.07 Å². The van der Waals surface area contributed by atoms with Crippen LogP contribution in [0.15, 0.2) is 12.1 Å². The summed E-state index contributed by atoms with van der Waals surface area (Å²) in [7, 11) is -3.10. The molecular weight excluding hydrogens is 246 g/mol. The van der Waals surface area contributed by atoms with E-state index in [-0.39, 0.29) is 0 Å². The minimum Gasteiger partial charge on any atom is -0.311 e. The maximum absolute atomic E-state index is 10.7. The van der Waals surface area contributed by atoms with Crippen LogP contribution in [0.4, 0.5) is 0 Å². The van der Waals surface area contributed by atoms with Gasteiger partial charge in [0.15, 0.2) is 0 Å². The molecule has 7 heteroatoms. The largest absolute Gasteiger partial charge is 0.311 e. The Hall–Kier alpha value is -0.940. The van der Waals surface area contributed by atoms with Crippen molar-refractivity contribution >= 4 is 21.4 Å². The van der Waals surface area contributed by atoms with Crippen molar-refractivity contribution in [3.63, 3.8) is 0 Å². The molecule has 0 aliphatic carbocycles. The second kappa shape index (κ2) is 5.96. The Morgan fingerprint density at radius 2 is 2.19 bits per heavy atom. The second-order valence-corrected chi connectivity index (χ2v) is 6.22. The van der Waals surface area contributed by atoms with Crippen molar-refractivity contribution in [1.82, 2.24) is 10.0 Å². The van der Waals surface area contributed by atoms with Gasteiger partial charge < -0.3 is 5.32 Å². The molecule has 0 aliphatic rings. The van der Waals surface area contributed by atoms with Crippen molar-refractivity contribution in [2.75, 3.05) is 19.3 Å². The van der Waals surface area contributed by atoms with Gasteiger partial charge in [-0.2, -0.15) is 5.26 Å². The summed E-state index contributed by atoms with van der Waals surface area (Å²) in [4.78, 5) is 1.75. The fourth-order valence-electron chi connectivity index (χ4n) is 1.07. The highest BCUT2D eigenvalue weighted by Gasteiger charge is 2.00. The molecule has 1 rings (SSSR count). The van der Waals surface area contributed by atoms with Crippen LogP contribution in [0.3, 0.4) is 0 Å². The van der Waals surface area contributed by atoms with Crippen LogP contribution >= 0.6 is 11.3 Å². The highest BCUT2D eigenvalue weighted by atomic mass is 32.2. The smallest absolute Gasteiger partial charge is 0.208 e. The minimum atomic E-state index is -3.10. The summed E-state index contributed by atoms with van der Waals surface area (Å²) in [6.07, 6.45) is 1.13. The van der Waals surface area contributed by atoms with E-state index in [2.05, 4.69) is 16.1 Å². The molecule has 2 N–H and O–H groups in total. The molecule has 1 heterocycles. The predicted octanol–water partition coefficient (Wildman–Crippen LogP) is 0.259. The van der Waals surface area contributed by atoms with Gasteiger partial charge in [0.1, 0.15) is 10.9 Å². The summed E-state index contributed by atoms with van der Waals surface area (Å²) < 4.78 is 23.9. The molecule has 0 unspecified atom stereocenters. The molecule has 5 nitrogen and oxygen atoms in total. The van der Waals surface area contributed by atoms with Crippen LogP contribution in [-0.4, -0.2) is 27.8 Å². The summed E-state index contributed by atoms with van der Waals surface area (Å²) in [6.45, 7) is 1.58. The lowest BCUT2D eigenvalue weighted by Crippen LogP contribution is -2.30. The molecule has 1 aromatic heterocycles. The molecule has 0 fully saturated rings. The van der Waals surface area contributed by atoms with Gasteiger partial charge in [0.05, 0.1) is 6.26 Å². The number of rotatable bonds is 6. The molecule has 0 saturated carbocycles. The van der Waals surface area contributed by atoms with Crippen LogP contribution in [0.2, 0.25) is 0 Å². The van der Waals surface area contributed by atoms with Crippen LogP contribution in [0.1, 0.15) is 9.75 Å². The van der Waals surface area contributed by atoms with Crippen molar-refractivity contribution in [3.8, 4) is 6.07 Å². The Bertz CT molecular complexity index is 473. The van der Waals surface area contributed by atoms with Gasteiger partial charge >= 0.3 is 0 Å². The Morgan fingerprint density at radius 1 is 1.44 bits per heavy atom. The number of hydrogen-bond acceptors (Lipinski definition) is 5. The van der Waals surface area contributed by atoms with E-state index in [1.165, 1.54) is 11.3 Å². The van der Waals surface area contributed by atoms with Crippen LogP contribution in [0.25, 0.3) is 0 Å². The molecule has 0 atom stereocenters. The van der Waals surface area contributed by atoms with Gasteiger partial charge in [-0.15, -0.1) is 11.3 Å². The Labute approximate surface area is 99.1 Å². The summed E-state index contributed by atoms with van der Waals surface area (Å²) in [5, 5.41) is 11.7. The maximum Gasteiger partial charge on any atom is 0.208 e. The zero-order valence-corrected chi connectivity index (χ0v) is 10.5. The van der Waals surface area contributed by atoms with Crippen molar-refractivity contribution in [2.45, 2.75) is 6.54 Å². The van der Waals surface area contributed by atoms with Crippen molar-refractivity contribution in [3.05, 3.63) is 21.9 Å². The summed E-state index contributed by atoms with van der Waals surface area (Å²) >= 11 is 1.43. The Balaban J connectivity index is 2.19. The Morgan fingerprint density at radius 3 is 2.75 bits per heavy atom. The van der Waals surface area contributed by atoms with E-state index < -0.39 is 10.0 Å². The zero-order valence-electron chi connectivity index (χ0n) is 8.86. The number of hydrogen-bond donors (Lipinski definition) is 2. The number of thiophene rings is 1. The van der Waals surface area contributed by atoms with Crippen LogP contribution < -0.4 is 10.0 Å². The van der Waals surface area contributed by atoms with Gasteiger partial charge in [0, 0.05) is 24.5 Å². The highest BCUT2D eigenvalue weighted by Crippen LogP contribution is 2.14. The standard InChI is InChI=1S/C9H13N3O2S2/c1-16(13,14)12-5-4-11-7-9-3-2-8(6-10)15-9/h2-3,11-12H,4-5,7H2,1H3. The normalized spacial score (nSPS) is 11.2. The lowest BCUT2D eigenvalue weighted by atomic mass is 10.4. The topological polar surface area (TPSA) is 82.0 Å². The molecule has 0 radical (unpaired) electrons. The van der Waals surface area contributed by atoms with Crippen molar-refractivity contribution in [1.29, 1.82) is 5.26 Å². The lowest BCUT2D eigenvalue weighted by Gasteiger charge is -2.03. The van der Waals surface area contributed by atoms with Crippen molar-refractivity contribution in [2.24, 2.45) is 0 Å². The minimum absolute atomic E-state index is 0.370. The number of nitriles is 1. The molecule has 88 valence electrons. The average Bonchev–Trinajstić information content (AvgIpc) is 2.63. The zero-order chi connectivity index (χ0) is 12.0. The molecule has 0 amide bonds. The van der Waals surface area contributed by atoms with Crippen LogP contribution in [0.5, 0.6) is 0 Å². The quantitative estimate of drug-likeness (QED) is 0.718. The monoisotopic (exact) mass is 259 g/mol. The fraction of sp³-hybridized carbons (Fsp3) is 0.444. The first-order valence-electron chi connectivity index (χ1n) is 4.65. The van der Waals surface area contributed by atoms with Gasteiger partial charge in [-0.3, -0.25) is 0 Å². The van der Waals surface area contributed by atoms with Gasteiger partial charge in [-0.25, -0.2) is 13.1 Å². The van der Waals surface area contributed by atoms with Gasteiger partial charge in [-0.05, 0) is 12.1 Å². The number of nitrogens with zero attached hydrogens (tertiary/aromatic N) is 1. The first-order chi connectivity index (χ1) is 7.51. The van der Waals surface area contributed by atoms with E-state index >= 15 is 0 Å². The lowest BCUT2D eigenvalue weighted by molar-refractivity contribution is 0.582. The molecule has 0 saturated heterocycles.